The zero-order valence-corrected chi connectivity index (χ0v) is 14.0. The van der Waals surface area contributed by atoms with Crippen LogP contribution in [0.25, 0.3) is 0 Å². The fourth-order valence-electron chi connectivity index (χ4n) is 2.16. The number of amides is 1. The summed E-state index contributed by atoms with van der Waals surface area (Å²) in [4.78, 5) is 22.4. The number of nitrogens with one attached hydrogen (secondary N) is 1. The third-order valence-electron chi connectivity index (χ3n) is 3.31. The predicted octanol–water partition coefficient (Wildman–Crippen LogP) is 3.03. The molecule has 0 aliphatic carbocycles. The van der Waals surface area contributed by atoms with Crippen molar-refractivity contribution in [3.63, 3.8) is 0 Å². The molecule has 0 fully saturated rings. The summed E-state index contributed by atoms with van der Waals surface area (Å²) >= 11 is 11.8. The molecule has 0 bridgehead atoms. The van der Waals surface area contributed by atoms with Crippen LogP contribution in [0.15, 0.2) is 18.2 Å². The van der Waals surface area contributed by atoms with Crippen molar-refractivity contribution in [2.45, 2.75) is 26.9 Å². The lowest BCUT2D eigenvalue weighted by Crippen LogP contribution is -2.28. The van der Waals surface area contributed by atoms with Crippen molar-refractivity contribution in [3.8, 4) is 0 Å². The summed E-state index contributed by atoms with van der Waals surface area (Å²) in [5, 5.41) is 18.6. The monoisotopic (exact) mass is 356 g/mol. The lowest BCUT2D eigenvalue weighted by atomic mass is 10.2. The van der Waals surface area contributed by atoms with Crippen LogP contribution in [0.5, 0.6) is 0 Å². The Morgan fingerprint density at radius 1 is 1.39 bits per heavy atom. The van der Waals surface area contributed by atoms with E-state index < -0.39 is 4.92 Å². The van der Waals surface area contributed by atoms with E-state index in [4.69, 9.17) is 23.2 Å². The second-order valence-corrected chi connectivity index (χ2v) is 5.79. The number of benzene rings is 1. The van der Waals surface area contributed by atoms with E-state index in [-0.39, 0.29) is 30.4 Å². The van der Waals surface area contributed by atoms with E-state index >= 15 is 0 Å². The smallest absolute Gasteiger partial charge is 0.312 e. The maximum absolute atomic E-state index is 12.0. The first kappa shape index (κ1) is 17.2. The van der Waals surface area contributed by atoms with Gasteiger partial charge >= 0.3 is 5.69 Å². The highest BCUT2D eigenvalue weighted by molar-refractivity contribution is 6.35. The van der Waals surface area contributed by atoms with Crippen LogP contribution in [-0.2, 0) is 17.9 Å². The van der Waals surface area contributed by atoms with Gasteiger partial charge in [-0.05, 0) is 31.5 Å². The molecule has 9 heteroatoms. The Hall–Kier alpha value is -2.12. The van der Waals surface area contributed by atoms with Crippen molar-refractivity contribution in [1.29, 1.82) is 0 Å². The molecule has 0 aliphatic heterocycles. The highest BCUT2D eigenvalue weighted by Gasteiger charge is 2.22. The van der Waals surface area contributed by atoms with Crippen molar-refractivity contribution >= 4 is 34.8 Å². The minimum absolute atomic E-state index is 0.0708. The molecule has 0 aliphatic rings. The number of halogens is 2. The van der Waals surface area contributed by atoms with Crippen molar-refractivity contribution in [2.75, 3.05) is 0 Å². The molecule has 1 heterocycles. The summed E-state index contributed by atoms with van der Waals surface area (Å²) < 4.78 is 1.31. The van der Waals surface area contributed by atoms with E-state index in [1.165, 1.54) is 11.6 Å². The van der Waals surface area contributed by atoms with E-state index in [2.05, 4.69) is 10.4 Å². The number of aryl methyl sites for hydroxylation is 1. The van der Waals surface area contributed by atoms with Crippen LogP contribution in [-0.4, -0.2) is 20.6 Å². The topological polar surface area (TPSA) is 90.1 Å². The molecule has 1 aromatic carbocycles. The Morgan fingerprint density at radius 2 is 2.09 bits per heavy atom. The average molecular weight is 357 g/mol. The van der Waals surface area contributed by atoms with E-state index in [1.54, 1.807) is 25.1 Å². The van der Waals surface area contributed by atoms with Crippen LogP contribution in [0.1, 0.15) is 17.0 Å². The highest BCUT2D eigenvalue weighted by Crippen LogP contribution is 2.22. The molecule has 23 heavy (non-hydrogen) atoms. The molecule has 2 aromatic rings. The Morgan fingerprint density at radius 3 is 2.65 bits per heavy atom. The van der Waals surface area contributed by atoms with Crippen molar-refractivity contribution in [2.24, 2.45) is 0 Å². The fourth-order valence-corrected chi connectivity index (χ4v) is 2.63. The van der Waals surface area contributed by atoms with Gasteiger partial charge in [-0.1, -0.05) is 29.3 Å². The van der Waals surface area contributed by atoms with Crippen LogP contribution in [0.4, 0.5) is 5.69 Å². The summed E-state index contributed by atoms with van der Waals surface area (Å²) in [7, 11) is 0. The van der Waals surface area contributed by atoms with Gasteiger partial charge < -0.3 is 5.32 Å². The van der Waals surface area contributed by atoms with Crippen molar-refractivity contribution in [1.82, 2.24) is 15.1 Å². The quantitative estimate of drug-likeness (QED) is 0.658. The first-order chi connectivity index (χ1) is 10.8. The minimum atomic E-state index is -0.500. The molecule has 0 radical (unpaired) electrons. The maximum atomic E-state index is 12.0. The molecular weight excluding hydrogens is 343 g/mol. The summed E-state index contributed by atoms with van der Waals surface area (Å²) in [6.07, 6.45) is 0. The van der Waals surface area contributed by atoms with Gasteiger partial charge in [-0.2, -0.15) is 5.10 Å². The third-order valence-corrected chi connectivity index (χ3v) is 3.90. The van der Waals surface area contributed by atoms with Crippen LogP contribution < -0.4 is 5.32 Å². The molecule has 0 saturated carbocycles. The maximum Gasteiger partial charge on any atom is 0.312 e. The largest absolute Gasteiger partial charge is 0.350 e. The van der Waals surface area contributed by atoms with Crippen LogP contribution in [0.3, 0.4) is 0 Å². The summed E-state index contributed by atoms with van der Waals surface area (Å²) in [5.41, 5.74) is 1.27. The SMILES string of the molecule is Cc1nn(CC(=O)NCc2ccc(Cl)cc2Cl)c(C)c1[N+](=O)[O-]. The number of nitro groups is 1. The lowest BCUT2D eigenvalue weighted by Gasteiger charge is -2.08. The summed E-state index contributed by atoms with van der Waals surface area (Å²) in [6.45, 7) is 3.22. The van der Waals surface area contributed by atoms with Crippen LogP contribution >= 0.6 is 23.2 Å². The van der Waals surface area contributed by atoms with Gasteiger partial charge in [0.1, 0.15) is 17.9 Å². The number of aromatic nitrogens is 2. The Bertz CT molecular complexity index is 774. The number of carbonyl (C=O) groups is 1. The molecule has 2 rings (SSSR count). The number of rotatable bonds is 5. The molecule has 1 amide bonds. The van der Waals surface area contributed by atoms with Crippen LogP contribution in [0.2, 0.25) is 10.0 Å². The zero-order valence-electron chi connectivity index (χ0n) is 12.5. The molecule has 0 unspecified atom stereocenters. The molecule has 0 saturated heterocycles. The van der Waals surface area contributed by atoms with Gasteiger partial charge in [0, 0.05) is 16.6 Å². The van der Waals surface area contributed by atoms with Gasteiger partial charge in [-0.3, -0.25) is 19.6 Å². The Kier molecular flexibility index (Phi) is 5.23. The van der Waals surface area contributed by atoms with E-state index in [0.717, 1.165) is 5.56 Å². The predicted molar refractivity (Wildman–Crippen MR) is 86.7 cm³/mol. The molecule has 0 atom stereocenters. The molecule has 7 nitrogen and oxygen atoms in total. The minimum Gasteiger partial charge on any atom is -0.350 e. The second-order valence-electron chi connectivity index (χ2n) is 4.95. The fraction of sp³-hybridized carbons (Fsp3) is 0.286. The van der Waals surface area contributed by atoms with Gasteiger partial charge in [0.2, 0.25) is 5.91 Å². The molecule has 1 N–H and O–H groups in total. The second kappa shape index (κ2) is 6.97. The number of carbonyl (C=O) groups excluding carboxylic acids is 1. The zero-order chi connectivity index (χ0) is 17.1. The van der Waals surface area contributed by atoms with Crippen molar-refractivity contribution < 1.29 is 9.72 Å². The third kappa shape index (κ3) is 4.00. The van der Waals surface area contributed by atoms with Gasteiger partial charge in [-0.15, -0.1) is 0 Å². The summed E-state index contributed by atoms with van der Waals surface area (Å²) in [6, 6.07) is 4.99. The lowest BCUT2D eigenvalue weighted by molar-refractivity contribution is -0.386. The van der Waals surface area contributed by atoms with E-state index in [9.17, 15) is 14.9 Å². The number of hydrogen-bond acceptors (Lipinski definition) is 4. The van der Waals surface area contributed by atoms with Crippen molar-refractivity contribution in [3.05, 3.63) is 55.3 Å². The standard InChI is InChI=1S/C14H14Cl2N4O3/c1-8-14(20(22)23)9(2)19(18-8)7-13(21)17-6-10-3-4-11(15)5-12(10)16/h3-5H,6-7H2,1-2H3,(H,17,21). The van der Waals surface area contributed by atoms with Gasteiger partial charge in [0.15, 0.2) is 0 Å². The summed E-state index contributed by atoms with van der Waals surface area (Å²) in [5.74, 6) is -0.323. The normalized spacial score (nSPS) is 10.6. The van der Waals surface area contributed by atoms with Crippen LogP contribution in [0, 0.1) is 24.0 Å². The molecule has 0 spiro atoms. The molecular formula is C14H14Cl2N4O3. The average Bonchev–Trinajstić information content (AvgIpc) is 2.72. The van der Waals surface area contributed by atoms with E-state index in [1.807, 2.05) is 0 Å². The number of nitrogens with zero attached hydrogens (tertiary/aromatic N) is 3. The van der Waals surface area contributed by atoms with E-state index in [0.29, 0.717) is 15.7 Å². The Labute approximate surface area is 142 Å². The first-order valence-corrected chi connectivity index (χ1v) is 7.44. The Balaban J connectivity index is 2.03. The highest BCUT2D eigenvalue weighted by atomic mass is 35.5. The first-order valence-electron chi connectivity index (χ1n) is 6.68. The van der Waals surface area contributed by atoms with Gasteiger partial charge in [0.25, 0.3) is 0 Å². The van der Waals surface area contributed by atoms with Gasteiger partial charge in [-0.25, -0.2) is 0 Å². The molecule has 1 aromatic heterocycles. The van der Waals surface area contributed by atoms with Gasteiger partial charge in [0.05, 0.1) is 4.92 Å². The number of hydrogen-bond donors (Lipinski definition) is 1. The molecule has 122 valence electrons.